The van der Waals surface area contributed by atoms with E-state index in [1.165, 1.54) is 6.08 Å². The van der Waals surface area contributed by atoms with Crippen LogP contribution in [0.25, 0.3) is 6.08 Å². The molecule has 1 aliphatic rings. The molecule has 0 spiro atoms. The van der Waals surface area contributed by atoms with Crippen molar-refractivity contribution in [2.24, 2.45) is 0 Å². The molecule has 0 saturated carbocycles. The second-order valence-corrected chi connectivity index (χ2v) is 8.54. The summed E-state index contributed by atoms with van der Waals surface area (Å²) in [5.74, 6) is -0.628. The number of anilines is 1. The molecule has 2 aromatic rings. The van der Waals surface area contributed by atoms with Gasteiger partial charge in [0.25, 0.3) is 11.1 Å². The number of benzene rings is 2. The van der Waals surface area contributed by atoms with Gasteiger partial charge in [0.05, 0.1) is 4.91 Å². The van der Waals surface area contributed by atoms with Crippen molar-refractivity contribution in [1.29, 1.82) is 0 Å². The number of nitrogens with zero attached hydrogens (tertiary/aromatic N) is 1. The molecule has 150 valence electrons. The lowest BCUT2D eigenvalue weighted by Crippen LogP contribution is -2.36. The van der Waals surface area contributed by atoms with Gasteiger partial charge in [-0.25, -0.2) is 0 Å². The van der Waals surface area contributed by atoms with E-state index in [0.717, 1.165) is 22.2 Å². The van der Waals surface area contributed by atoms with Gasteiger partial charge in [0.2, 0.25) is 5.91 Å². The summed E-state index contributed by atoms with van der Waals surface area (Å²) < 4.78 is 0. The summed E-state index contributed by atoms with van der Waals surface area (Å²) >= 11 is 13.0. The van der Waals surface area contributed by atoms with E-state index in [2.05, 4.69) is 19.2 Å². The van der Waals surface area contributed by atoms with Gasteiger partial charge in [-0.15, -0.1) is 0 Å². The molecule has 0 unspecified atom stereocenters. The van der Waals surface area contributed by atoms with Crippen molar-refractivity contribution < 1.29 is 14.4 Å². The Kier molecular flexibility index (Phi) is 6.67. The van der Waals surface area contributed by atoms with Crippen LogP contribution >= 0.6 is 35.0 Å². The Morgan fingerprint density at radius 3 is 2.31 bits per heavy atom. The van der Waals surface area contributed by atoms with Gasteiger partial charge in [-0.2, -0.15) is 0 Å². The maximum absolute atomic E-state index is 12.6. The van der Waals surface area contributed by atoms with E-state index >= 15 is 0 Å². The van der Waals surface area contributed by atoms with Crippen LogP contribution in [0, 0.1) is 0 Å². The predicted molar refractivity (Wildman–Crippen MR) is 118 cm³/mol. The average molecular weight is 449 g/mol. The summed E-state index contributed by atoms with van der Waals surface area (Å²) in [4.78, 5) is 38.2. The highest BCUT2D eigenvalue weighted by Crippen LogP contribution is 2.35. The van der Waals surface area contributed by atoms with E-state index in [4.69, 9.17) is 23.2 Å². The second kappa shape index (κ2) is 9.03. The zero-order chi connectivity index (χ0) is 21.1. The fourth-order valence-electron chi connectivity index (χ4n) is 2.71. The summed E-state index contributed by atoms with van der Waals surface area (Å²) in [7, 11) is 0. The smallest absolute Gasteiger partial charge is 0.294 e. The SMILES string of the molecule is CC(C)c1ccc(NC(=O)CN2C(=O)S/C(=C/c3c(Cl)cccc3Cl)C2=O)cc1. The molecule has 1 aliphatic heterocycles. The van der Waals surface area contributed by atoms with Crippen LogP contribution in [0.2, 0.25) is 10.0 Å². The first kappa shape index (κ1) is 21.4. The Morgan fingerprint density at radius 2 is 1.72 bits per heavy atom. The van der Waals surface area contributed by atoms with Crippen LogP contribution in [0.3, 0.4) is 0 Å². The Hall–Kier alpha value is -2.28. The first-order chi connectivity index (χ1) is 13.8. The third-order valence-corrected chi connectivity index (χ3v) is 5.88. The average Bonchev–Trinajstić information content (AvgIpc) is 2.92. The van der Waals surface area contributed by atoms with Crippen LogP contribution in [0.4, 0.5) is 10.5 Å². The largest absolute Gasteiger partial charge is 0.325 e. The van der Waals surface area contributed by atoms with Crippen LogP contribution in [0.5, 0.6) is 0 Å². The van der Waals surface area contributed by atoms with Gasteiger partial charge in [-0.05, 0) is 53.6 Å². The standard InChI is InChI=1S/C21H18Cl2N2O3S/c1-12(2)13-6-8-14(9-7-13)24-19(26)11-25-20(27)18(29-21(25)28)10-15-16(22)4-3-5-17(15)23/h3-10,12H,11H2,1-2H3,(H,24,26)/b18-10+. The molecular weight excluding hydrogens is 431 g/mol. The molecule has 1 heterocycles. The van der Waals surface area contributed by atoms with Gasteiger partial charge in [-0.3, -0.25) is 19.3 Å². The Morgan fingerprint density at radius 1 is 1.10 bits per heavy atom. The number of amides is 3. The second-order valence-electron chi connectivity index (χ2n) is 6.73. The summed E-state index contributed by atoms with van der Waals surface area (Å²) in [6.45, 7) is 3.79. The normalized spacial score (nSPS) is 15.5. The van der Waals surface area contributed by atoms with Crippen molar-refractivity contribution in [3.05, 3.63) is 68.5 Å². The van der Waals surface area contributed by atoms with E-state index in [1.807, 2.05) is 12.1 Å². The summed E-state index contributed by atoms with van der Waals surface area (Å²) in [6.07, 6.45) is 1.47. The molecule has 3 amide bonds. The topological polar surface area (TPSA) is 66.5 Å². The lowest BCUT2D eigenvalue weighted by atomic mass is 10.0. The maximum Gasteiger partial charge on any atom is 0.294 e. The van der Waals surface area contributed by atoms with Gasteiger partial charge in [0.15, 0.2) is 0 Å². The molecule has 3 rings (SSSR count). The molecule has 0 radical (unpaired) electrons. The van der Waals surface area contributed by atoms with Crippen molar-refractivity contribution in [2.45, 2.75) is 19.8 Å². The molecule has 2 aromatic carbocycles. The van der Waals surface area contributed by atoms with Gasteiger partial charge in [-0.1, -0.05) is 55.2 Å². The van der Waals surface area contributed by atoms with Crippen molar-refractivity contribution >= 4 is 63.8 Å². The number of halogens is 2. The highest BCUT2D eigenvalue weighted by Gasteiger charge is 2.36. The molecule has 8 heteroatoms. The van der Waals surface area contributed by atoms with Crippen LogP contribution < -0.4 is 5.32 Å². The summed E-state index contributed by atoms with van der Waals surface area (Å²) in [5, 5.41) is 2.92. The number of nitrogens with one attached hydrogen (secondary N) is 1. The number of rotatable bonds is 5. The maximum atomic E-state index is 12.6. The molecule has 1 N–H and O–H groups in total. The zero-order valence-electron chi connectivity index (χ0n) is 15.7. The Labute approximate surface area is 183 Å². The molecule has 0 bridgehead atoms. The third-order valence-electron chi connectivity index (χ3n) is 4.31. The number of thioether (sulfide) groups is 1. The van der Waals surface area contributed by atoms with Gasteiger partial charge in [0.1, 0.15) is 6.54 Å². The Bertz CT molecular complexity index is 983. The first-order valence-electron chi connectivity index (χ1n) is 8.85. The molecule has 1 fully saturated rings. The molecule has 0 aromatic heterocycles. The van der Waals surface area contributed by atoms with Gasteiger partial charge >= 0.3 is 0 Å². The van der Waals surface area contributed by atoms with Crippen molar-refractivity contribution in [3.8, 4) is 0 Å². The van der Waals surface area contributed by atoms with Crippen LogP contribution in [-0.2, 0) is 9.59 Å². The third kappa shape index (κ3) is 5.01. The lowest BCUT2D eigenvalue weighted by Gasteiger charge is -2.13. The van der Waals surface area contributed by atoms with E-state index in [-0.39, 0.29) is 11.4 Å². The number of hydrogen-bond donors (Lipinski definition) is 1. The number of imide groups is 1. The van der Waals surface area contributed by atoms with Crippen LogP contribution in [0.15, 0.2) is 47.4 Å². The van der Waals surface area contributed by atoms with E-state index in [9.17, 15) is 14.4 Å². The fraction of sp³-hybridized carbons (Fsp3) is 0.190. The van der Waals surface area contributed by atoms with Crippen LogP contribution in [0.1, 0.15) is 30.9 Å². The first-order valence-corrected chi connectivity index (χ1v) is 10.4. The minimum atomic E-state index is -0.554. The van der Waals surface area contributed by atoms with Crippen molar-refractivity contribution in [2.75, 3.05) is 11.9 Å². The van der Waals surface area contributed by atoms with Crippen LogP contribution in [-0.4, -0.2) is 28.5 Å². The lowest BCUT2D eigenvalue weighted by molar-refractivity contribution is -0.127. The number of carbonyl (C=O) groups is 3. The van der Waals surface area contributed by atoms with E-state index < -0.39 is 17.1 Å². The fourth-order valence-corrected chi connectivity index (χ4v) is 4.04. The van der Waals surface area contributed by atoms with E-state index in [1.54, 1.807) is 30.3 Å². The molecule has 1 saturated heterocycles. The van der Waals surface area contributed by atoms with Gasteiger partial charge in [0, 0.05) is 21.3 Å². The minimum Gasteiger partial charge on any atom is -0.325 e. The summed E-state index contributed by atoms with van der Waals surface area (Å²) in [5.41, 5.74) is 2.21. The van der Waals surface area contributed by atoms with Crippen molar-refractivity contribution in [1.82, 2.24) is 4.90 Å². The quantitative estimate of drug-likeness (QED) is 0.587. The summed E-state index contributed by atoms with van der Waals surface area (Å²) in [6, 6.07) is 12.4. The monoisotopic (exact) mass is 448 g/mol. The minimum absolute atomic E-state index is 0.166. The molecule has 5 nitrogen and oxygen atoms in total. The predicted octanol–water partition coefficient (Wildman–Crippen LogP) is 5.79. The molecular formula is C21H18Cl2N2O3S. The zero-order valence-corrected chi connectivity index (χ0v) is 18.1. The molecule has 29 heavy (non-hydrogen) atoms. The highest BCUT2D eigenvalue weighted by atomic mass is 35.5. The molecule has 0 aliphatic carbocycles. The Balaban J connectivity index is 1.70. The van der Waals surface area contributed by atoms with E-state index in [0.29, 0.717) is 27.2 Å². The van der Waals surface area contributed by atoms with Crippen molar-refractivity contribution in [3.63, 3.8) is 0 Å². The highest BCUT2D eigenvalue weighted by molar-refractivity contribution is 8.18. The number of hydrogen-bond acceptors (Lipinski definition) is 4. The van der Waals surface area contributed by atoms with Gasteiger partial charge < -0.3 is 5.32 Å². The molecule has 0 atom stereocenters. The number of carbonyl (C=O) groups excluding carboxylic acids is 3.